The van der Waals surface area contributed by atoms with E-state index < -0.39 is 0 Å². The van der Waals surface area contributed by atoms with E-state index in [1.807, 2.05) is 30.3 Å². The van der Waals surface area contributed by atoms with Crippen LogP contribution in [0, 0.1) is 0 Å². The van der Waals surface area contributed by atoms with E-state index in [2.05, 4.69) is 33.9 Å². The zero-order valence-corrected chi connectivity index (χ0v) is 11.9. The highest BCUT2D eigenvalue weighted by Crippen LogP contribution is 2.27. The van der Waals surface area contributed by atoms with Gasteiger partial charge in [-0.2, -0.15) is 0 Å². The van der Waals surface area contributed by atoms with Crippen LogP contribution in [0.1, 0.15) is 17.4 Å². The minimum atomic E-state index is 0.172. The standard InChI is InChI=1S/C14H17BrN2O/c1-17(10-11-5-4-8-18-11)14(9-16)12-6-2-3-7-13(12)15/h2-8,14H,9-10,16H2,1H3. The molecule has 2 aromatic rings. The first-order valence-corrected chi connectivity index (χ1v) is 6.68. The van der Waals surface area contributed by atoms with Gasteiger partial charge in [-0.05, 0) is 30.8 Å². The van der Waals surface area contributed by atoms with Crippen molar-refractivity contribution in [3.63, 3.8) is 0 Å². The monoisotopic (exact) mass is 308 g/mol. The quantitative estimate of drug-likeness (QED) is 0.922. The van der Waals surface area contributed by atoms with Crippen molar-refractivity contribution in [2.24, 2.45) is 5.73 Å². The lowest BCUT2D eigenvalue weighted by Crippen LogP contribution is -2.30. The van der Waals surface area contributed by atoms with Gasteiger partial charge in [-0.1, -0.05) is 34.1 Å². The third-order valence-electron chi connectivity index (χ3n) is 3.00. The van der Waals surface area contributed by atoms with Crippen molar-refractivity contribution >= 4 is 15.9 Å². The van der Waals surface area contributed by atoms with Crippen molar-refractivity contribution in [3.8, 4) is 0 Å². The number of nitrogens with zero attached hydrogens (tertiary/aromatic N) is 1. The Balaban J connectivity index is 2.16. The zero-order valence-electron chi connectivity index (χ0n) is 10.3. The number of hydrogen-bond acceptors (Lipinski definition) is 3. The molecule has 0 bridgehead atoms. The maximum absolute atomic E-state index is 5.91. The van der Waals surface area contributed by atoms with Gasteiger partial charge in [0.2, 0.25) is 0 Å². The number of likely N-dealkylation sites (N-methyl/N-ethyl adjacent to an activating group) is 1. The first kappa shape index (κ1) is 13.3. The van der Waals surface area contributed by atoms with E-state index in [0.29, 0.717) is 6.54 Å². The first-order chi connectivity index (χ1) is 8.72. The molecule has 1 atom stereocenters. The molecule has 4 heteroatoms. The SMILES string of the molecule is CN(Cc1ccco1)C(CN)c1ccccc1Br. The highest BCUT2D eigenvalue weighted by atomic mass is 79.9. The molecule has 0 aliphatic heterocycles. The molecule has 0 aliphatic carbocycles. The average Bonchev–Trinajstić information content (AvgIpc) is 2.85. The molecule has 0 aliphatic rings. The Labute approximate surface area is 116 Å². The summed E-state index contributed by atoms with van der Waals surface area (Å²) >= 11 is 3.58. The number of nitrogens with two attached hydrogens (primary N) is 1. The lowest BCUT2D eigenvalue weighted by Gasteiger charge is -2.27. The van der Waals surface area contributed by atoms with Crippen LogP contribution < -0.4 is 5.73 Å². The molecule has 0 spiro atoms. The van der Waals surface area contributed by atoms with Crippen LogP contribution in [-0.4, -0.2) is 18.5 Å². The van der Waals surface area contributed by atoms with E-state index in [4.69, 9.17) is 10.2 Å². The smallest absolute Gasteiger partial charge is 0.117 e. The number of rotatable bonds is 5. The summed E-state index contributed by atoms with van der Waals surface area (Å²) in [7, 11) is 2.06. The van der Waals surface area contributed by atoms with Crippen LogP contribution in [0.2, 0.25) is 0 Å². The predicted molar refractivity (Wildman–Crippen MR) is 76.1 cm³/mol. The Kier molecular flexibility index (Phi) is 4.58. The number of furan rings is 1. The molecule has 1 aromatic heterocycles. The summed E-state index contributed by atoms with van der Waals surface area (Å²) in [6, 6.07) is 12.2. The molecular formula is C14H17BrN2O. The van der Waals surface area contributed by atoms with Crippen LogP contribution in [0.25, 0.3) is 0 Å². The second-order valence-electron chi connectivity index (χ2n) is 4.27. The van der Waals surface area contributed by atoms with Gasteiger partial charge in [0.1, 0.15) is 5.76 Å². The summed E-state index contributed by atoms with van der Waals surface area (Å²) in [6.45, 7) is 1.32. The molecule has 0 amide bonds. The second kappa shape index (κ2) is 6.18. The molecule has 3 nitrogen and oxygen atoms in total. The topological polar surface area (TPSA) is 42.4 Å². The summed E-state index contributed by atoms with van der Waals surface area (Å²) in [5, 5.41) is 0. The molecule has 0 radical (unpaired) electrons. The third kappa shape index (κ3) is 3.02. The van der Waals surface area contributed by atoms with Gasteiger partial charge in [-0.25, -0.2) is 0 Å². The maximum atomic E-state index is 5.91. The number of hydrogen-bond donors (Lipinski definition) is 1. The maximum Gasteiger partial charge on any atom is 0.117 e. The largest absolute Gasteiger partial charge is 0.468 e. The lowest BCUT2D eigenvalue weighted by atomic mass is 10.1. The van der Waals surface area contributed by atoms with E-state index in [1.165, 1.54) is 5.56 Å². The van der Waals surface area contributed by atoms with Crippen molar-refractivity contribution in [3.05, 3.63) is 58.5 Å². The Bertz CT molecular complexity index is 484. The second-order valence-corrected chi connectivity index (χ2v) is 5.12. The van der Waals surface area contributed by atoms with Crippen molar-refractivity contribution < 1.29 is 4.42 Å². The molecule has 0 fully saturated rings. The Morgan fingerprint density at radius 2 is 2.06 bits per heavy atom. The predicted octanol–water partition coefficient (Wildman–Crippen LogP) is 3.17. The van der Waals surface area contributed by atoms with Crippen LogP contribution in [0.15, 0.2) is 51.6 Å². The summed E-state index contributed by atoms with van der Waals surface area (Å²) in [5.74, 6) is 0.947. The van der Waals surface area contributed by atoms with E-state index >= 15 is 0 Å². The number of benzene rings is 1. The Hall–Kier alpha value is -1.10. The fraction of sp³-hybridized carbons (Fsp3) is 0.286. The zero-order chi connectivity index (χ0) is 13.0. The molecule has 96 valence electrons. The highest BCUT2D eigenvalue weighted by molar-refractivity contribution is 9.10. The Morgan fingerprint density at radius 1 is 1.28 bits per heavy atom. The first-order valence-electron chi connectivity index (χ1n) is 5.89. The molecule has 1 unspecified atom stereocenters. The molecule has 18 heavy (non-hydrogen) atoms. The van der Waals surface area contributed by atoms with E-state index in [0.717, 1.165) is 16.8 Å². The molecular weight excluding hydrogens is 292 g/mol. The fourth-order valence-electron chi connectivity index (χ4n) is 2.05. The van der Waals surface area contributed by atoms with Gasteiger partial charge < -0.3 is 10.2 Å². The summed E-state index contributed by atoms with van der Waals surface area (Å²) in [4.78, 5) is 2.19. The molecule has 2 N–H and O–H groups in total. The van der Waals surface area contributed by atoms with Gasteiger partial charge in [-0.15, -0.1) is 0 Å². The molecule has 2 rings (SSSR count). The van der Waals surface area contributed by atoms with Gasteiger partial charge in [-0.3, -0.25) is 4.90 Å². The highest BCUT2D eigenvalue weighted by Gasteiger charge is 2.18. The van der Waals surface area contributed by atoms with Crippen molar-refractivity contribution in [2.75, 3.05) is 13.6 Å². The fourth-order valence-corrected chi connectivity index (χ4v) is 2.60. The van der Waals surface area contributed by atoms with Gasteiger partial charge in [0.25, 0.3) is 0 Å². The Morgan fingerprint density at radius 3 is 2.67 bits per heavy atom. The summed E-state index contributed by atoms with van der Waals surface area (Å²) < 4.78 is 6.46. The van der Waals surface area contributed by atoms with Gasteiger partial charge in [0, 0.05) is 17.1 Å². The van der Waals surface area contributed by atoms with Gasteiger partial charge in [0.15, 0.2) is 0 Å². The van der Waals surface area contributed by atoms with Crippen LogP contribution >= 0.6 is 15.9 Å². The molecule has 1 aromatic carbocycles. The molecule has 0 saturated carbocycles. The molecule has 1 heterocycles. The van der Waals surface area contributed by atoms with E-state index in [9.17, 15) is 0 Å². The van der Waals surface area contributed by atoms with E-state index in [1.54, 1.807) is 6.26 Å². The van der Waals surface area contributed by atoms with E-state index in [-0.39, 0.29) is 6.04 Å². The summed E-state index contributed by atoms with van der Waals surface area (Å²) in [6.07, 6.45) is 1.69. The van der Waals surface area contributed by atoms with Crippen LogP contribution in [0.4, 0.5) is 0 Å². The van der Waals surface area contributed by atoms with Crippen LogP contribution in [0.3, 0.4) is 0 Å². The van der Waals surface area contributed by atoms with Gasteiger partial charge >= 0.3 is 0 Å². The van der Waals surface area contributed by atoms with Crippen molar-refractivity contribution in [1.29, 1.82) is 0 Å². The normalized spacial score (nSPS) is 12.9. The average molecular weight is 309 g/mol. The minimum Gasteiger partial charge on any atom is -0.468 e. The van der Waals surface area contributed by atoms with Crippen molar-refractivity contribution in [1.82, 2.24) is 4.90 Å². The number of halogens is 1. The van der Waals surface area contributed by atoms with Gasteiger partial charge in [0.05, 0.1) is 12.8 Å². The van der Waals surface area contributed by atoms with Crippen LogP contribution in [-0.2, 0) is 6.54 Å². The minimum absolute atomic E-state index is 0.172. The summed E-state index contributed by atoms with van der Waals surface area (Å²) in [5.41, 5.74) is 7.11. The molecule has 0 saturated heterocycles. The lowest BCUT2D eigenvalue weighted by molar-refractivity contribution is 0.222. The third-order valence-corrected chi connectivity index (χ3v) is 3.73. The van der Waals surface area contributed by atoms with Crippen molar-refractivity contribution in [2.45, 2.75) is 12.6 Å². The van der Waals surface area contributed by atoms with Crippen LogP contribution in [0.5, 0.6) is 0 Å².